The van der Waals surface area contributed by atoms with Gasteiger partial charge in [-0.15, -0.1) is 0 Å². The third kappa shape index (κ3) is 6.72. The summed E-state index contributed by atoms with van der Waals surface area (Å²) in [4.78, 5) is 5.36. The molecule has 1 atom stereocenters. The van der Waals surface area contributed by atoms with Gasteiger partial charge in [-0.25, -0.2) is 4.98 Å². The van der Waals surface area contributed by atoms with Crippen LogP contribution in [0.2, 0.25) is 0 Å². The van der Waals surface area contributed by atoms with Gasteiger partial charge in [0, 0.05) is 17.0 Å². The van der Waals surface area contributed by atoms with E-state index in [-0.39, 0.29) is 5.92 Å². The van der Waals surface area contributed by atoms with E-state index in [1.165, 1.54) is 116 Å². The Morgan fingerprint density at radius 2 is 0.929 bits per heavy atom. The second-order valence-corrected chi connectivity index (χ2v) is 19.2. The predicted molar refractivity (Wildman–Crippen MR) is 296 cm³/mol. The van der Waals surface area contributed by atoms with Gasteiger partial charge in [0.05, 0.1) is 11.4 Å². The van der Waals surface area contributed by atoms with Crippen LogP contribution in [0, 0.1) is 0 Å². The maximum Gasteiger partial charge on any atom is 0.0715 e. The number of benzene rings is 10. The minimum Gasteiger partial charge on any atom is -0.248 e. The van der Waals surface area contributed by atoms with Gasteiger partial charge in [0.15, 0.2) is 0 Å². The van der Waals surface area contributed by atoms with Crippen molar-refractivity contribution in [2.75, 3.05) is 0 Å². The summed E-state index contributed by atoms with van der Waals surface area (Å²) in [6, 6.07) is 76.6. The van der Waals surface area contributed by atoms with E-state index in [4.69, 9.17) is 4.98 Å². The van der Waals surface area contributed by atoms with Crippen molar-refractivity contribution < 1.29 is 0 Å². The summed E-state index contributed by atoms with van der Waals surface area (Å²) in [6.07, 6.45) is 17.1. The second-order valence-electron chi connectivity index (χ2n) is 19.2. The molecule has 1 heterocycles. The van der Waals surface area contributed by atoms with E-state index in [9.17, 15) is 0 Å². The average molecular weight is 890 g/mol. The van der Waals surface area contributed by atoms with E-state index in [1.54, 1.807) is 0 Å². The van der Waals surface area contributed by atoms with Gasteiger partial charge in [0.2, 0.25) is 0 Å². The first-order valence-electron chi connectivity index (χ1n) is 24.7. The van der Waals surface area contributed by atoms with Crippen molar-refractivity contribution >= 4 is 38.4 Å². The number of hydrogen-bond donors (Lipinski definition) is 0. The molecular formula is C69H47N. The number of fused-ring (bicyclic) bond motifs is 3. The van der Waals surface area contributed by atoms with Crippen molar-refractivity contribution in [3.8, 4) is 78.1 Å². The molecular weight excluding hydrogens is 843 g/mol. The number of allylic oxidation sites excluding steroid dienone is 5. The van der Waals surface area contributed by atoms with Crippen LogP contribution in [0.4, 0.5) is 0 Å². The fourth-order valence-corrected chi connectivity index (χ4v) is 11.9. The van der Waals surface area contributed by atoms with Gasteiger partial charge in [-0.2, -0.15) is 0 Å². The van der Waals surface area contributed by atoms with Crippen LogP contribution in [0.1, 0.15) is 33.7 Å². The number of pyridine rings is 1. The first kappa shape index (κ1) is 40.4. The van der Waals surface area contributed by atoms with Gasteiger partial charge in [0.25, 0.3) is 0 Å². The Morgan fingerprint density at radius 3 is 1.59 bits per heavy atom. The monoisotopic (exact) mass is 889 g/mol. The van der Waals surface area contributed by atoms with Gasteiger partial charge < -0.3 is 0 Å². The molecule has 1 aromatic heterocycles. The van der Waals surface area contributed by atoms with Gasteiger partial charge in [0.1, 0.15) is 0 Å². The number of aromatic nitrogens is 1. The standard InChI is InChI=1S/C69H47N/c1-4-17-44(18-5-1)52-38-53(45-19-6-2-7-20-45)40-55(39-52)66-57-26-12-14-28-59(57)69(60-29-15-13-27-58(60)66)63-41-51-34-35-56(62-36-33-48-25-16-30-61(63)67(48)68(51)62)54-42-64(47-22-8-3-9-23-47)70-65(43-54)50-32-31-46-21-10-11-24-49(46)37-50/h1-20,22-23,25-29,31-43,48H,21,24,30H2. The zero-order valence-corrected chi connectivity index (χ0v) is 38.7. The van der Waals surface area contributed by atoms with Gasteiger partial charge in [-0.3, -0.25) is 0 Å². The molecule has 1 nitrogen and oxygen atoms in total. The molecule has 1 unspecified atom stereocenters. The number of nitrogens with zero attached hydrogens (tertiary/aromatic N) is 1. The van der Waals surface area contributed by atoms with Crippen molar-refractivity contribution in [3.63, 3.8) is 0 Å². The van der Waals surface area contributed by atoms with Crippen LogP contribution in [0.25, 0.3) is 117 Å². The molecule has 0 spiro atoms. The Labute approximate surface area is 409 Å². The molecule has 0 fully saturated rings. The zero-order valence-electron chi connectivity index (χ0n) is 38.7. The Kier molecular flexibility index (Phi) is 9.55. The normalized spacial score (nSPS) is 14.4. The van der Waals surface area contributed by atoms with Crippen LogP contribution in [-0.4, -0.2) is 4.98 Å². The minimum absolute atomic E-state index is 0.195. The zero-order chi connectivity index (χ0) is 46.1. The van der Waals surface area contributed by atoms with Crippen molar-refractivity contribution in [2.24, 2.45) is 0 Å². The van der Waals surface area contributed by atoms with Crippen LogP contribution in [0.5, 0.6) is 0 Å². The fraction of sp³-hybridized carbons (Fsp3) is 0.0580. The lowest BCUT2D eigenvalue weighted by atomic mass is 9.74. The minimum atomic E-state index is 0.195. The Bertz CT molecular complexity index is 3890. The van der Waals surface area contributed by atoms with E-state index in [0.717, 1.165) is 41.8 Å². The van der Waals surface area contributed by atoms with Crippen molar-refractivity contribution in [1.29, 1.82) is 0 Å². The van der Waals surface area contributed by atoms with Crippen LogP contribution in [0.15, 0.2) is 237 Å². The van der Waals surface area contributed by atoms with E-state index in [0.29, 0.717) is 0 Å². The molecule has 10 aromatic carbocycles. The maximum atomic E-state index is 5.36. The fourth-order valence-electron chi connectivity index (χ4n) is 11.9. The smallest absolute Gasteiger partial charge is 0.0715 e. The Morgan fingerprint density at radius 1 is 0.357 bits per heavy atom. The van der Waals surface area contributed by atoms with E-state index >= 15 is 0 Å². The molecule has 0 bridgehead atoms. The van der Waals surface area contributed by atoms with Crippen LogP contribution >= 0.6 is 0 Å². The van der Waals surface area contributed by atoms with Crippen LogP contribution in [0.3, 0.4) is 0 Å². The summed E-state index contributed by atoms with van der Waals surface area (Å²) in [6.45, 7) is 0. The SMILES string of the molecule is C1=CCc2cc(-c3cc(-c4ccc5cc(-c6c7ccccc7c(-c7cc(-c8ccccc8)cc(-c8ccccc8)c7)c7ccccc67)c6c7c5c4C=CC7C=CC6)cc(-c4ccccc4)n3)ccc2C1. The van der Waals surface area contributed by atoms with Crippen molar-refractivity contribution in [1.82, 2.24) is 4.98 Å². The van der Waals surface area contributed by atoms with Crippen molar-refractivity contribution in [3.05, 3.63) is 264 Å². The summed E-state index contributed by atoms with van der Waals surface area (Å²) >= 11 is 0. The highest BCUT2D eigenvalue weighted by Crippen LogP contribution is 2.51. The molecule has 14 rings (SSSR count). The number of hydrogen-bond acceptors (Lipinski definition) is 1. The summed E-state index contributed by atoms with van der Waals surface area (Å²) in [5.74, 6) is 0.195. The number of rotatable bonds is 7. The van der Waals surface area contributed by atoms with Gasteiger partial charge >= 0.3 is 0 Å². The Hall–Kier alpha value is -8.65. The predicted octanol–water partition coefficient (Wildman–Crippen LogP) is 18.1. The lowest BCUT2D eigenvalue weighted by Gasteiger charge is -2.30. The van der Waals surface area contributed by atoms with Gasteiger partial charge in [-0.1, -0.05) is 200 Å². The Balaban J connectivity index is 0.984. The quantitative estimate of drug-likeness (QED) is 0.115. The average Bonchev–Trinajstić information content (AvgIpc) is 3.44. The third-order valence-corrected chi connectivity index (χ3v) is 15.2. The molecule has 0 N–H and O–H groups in total. The molecule has 0 saturated carbocycles. The summed E-state index contributed by atoms with van der Waals surface area (Å²) in [5, 5.41) is 7.71. The second kappa shape index (κ2) is 16.5. The molecule has 3 aliphatic rings. The molecule has 3 aliphatic carbocycles. The molecule has 1 heteroatoms. The molecule has 11 aromatic rings. The lowest BCUT2D eigenvalue weighted by Crippen LogP contribution is -2.10. The first-order chi connectivity index (χ1) is 34.7. The summed E-state index contributed by atoms with van der Waals surface area (Å²) in [5.41, 5.74) is 23.6. The third-order valence-electron chi connectivity index (χ3n) is 15.2. The highest BCUT2D eigenvalue weighted by atomic mass is 14.7. The molecule has 70 heavy (non-hydrogen) atoms. The lowest BCUT2D eigenvalue weighted by molar-refractivity contribution is 1.00. The maximum absolute atomic E-state index is 5.36. The van der Waals surface area contributed by atoms with Crippen LogP contribution < -0.4 is 0 Å². The van der Waals surface area contributed by atoms with Gasteiger partial charge in [-0.05, 0) is 177 Å². The first-order valence-corrected chi connectivity index (χ1v) is 24.7. The topological polar surface area (TPSA) is 12.9 Å². The van der Waals surface area contributed by atoms with E-state index in [2.05, 4.69) is 243 Å². The van der Waals surface area contributed by atoms with Crippen LogP contribution in [-0.2, 0) is 19.3 Å². The summed E-state index contributed by atoms with van der Waals surface area (Å²) in [7, 11) is 0. The highest BCUT2D eigenvalue weighted by Gasteiger charge is 2.29. The summed E-state index contributed by atoms with van der Waals surface area (Å²) < 4.78 is 0. The van der Waals surface area contributed by atoms with E-state index in [1.807, 2.05) is 0 Å². The largest absolute Gasteiger partial charge is 0.248 e. The molecule has 328 valence electrons. The molecule has 0 radical (unpaired) electrons. The molecule has 0 saturated heterocycles. The van der Waals surface area contributed by atoms with E-state index < -0.39 is 0 Å². The van der Waals surface area contributed by atoms with Crippen molar-refractivity contribution in [2.45, 2.75) is 25.2 Å². The molecule has 0 amide bonds. The molecule has 0 aliphatic heterocycles. The highest BCUT2D eigenvalue weighted by molar-refractivity contribution is 6.23.